The molecule has 6 saturated heterocycles. The molecule has 0 saturated carbocycles. The molecule has 2 atom stereocenters. The van der Waals surface area contributed by atoms with E-state index < -0.39 is 83.2 Å². The molecule has 4 aromatic rings. The summed E-state index contributed by atoms with van der Waals surface area (Å²) in [6, 6.07) is 19.3. The van der Waals surface area contributed by atoms with Crippen LogP contribution in [0.2, 0.25) is 20.1 Å². The molecule has 6 fully saturated rings. The minimum absolute atomic E-state index is 0.0193. The zero-order valence-corrected chi connectivity index (χ0v) is 49.7. The number of alkyl halides is 10. The molecule has 0 spiro atoms. The number of nitrogens with two attached hydrogens (primary N) is 1. The first-order valence-electron chi connectivity index (χ1n) is 27.0. The summed E-state index contributed by atoms with van der Waals surface area (Å²) in [4.78, 5) is 59.0. The van der Waals surface area contributed by atoms with Crippen molar-refractivity contribution in [1.29, 1.82) is 0 Å². The second kappa shape index (κ2) is 26.2. The van der Waals surface area contributed by atoms with Crippen molar-refractivity contribution >= 4 is 91.6 Å². The van der Waals surface area contributed by atoms with Gasteiger partial charge in [0.15, 0.2) is 0 Å². The number of hydrogen-bond acceptors (Lipinski definition) is 10. The minimum atomic E-state index is -5.24. The lowest BCUT2D eigenvalue weighted by molar-refractivity contribution is -0.263. The van der Waals surface area contributed by atoms with Crippen LogP contribution in [-0.2, 0) is 20.8 Å². The quantitative estimate of drug-likeness (QED) is 0.112. The van der Waals surface area contributed by atoms with E-state index in [9.17, 15) is 73.3 Å². The van der Waals surface area contributed by atoms with E-state index in [0.29, 0.717) is 44.5 Å². The van der Waals surface area contributed by atoms with Crippen molar-refractivity contribution in [2.24, 2.45) is 5.73 Å². The Labute approximate surface area is 511 Å². The number of nitrogens with one attached hydrogen (secondary N) is 1. The Morgan fingerprint density at radius 2 is 0.953 bits per heavy atom. The molecule has 10 rings (SSSR count). The molecule has 0 aliphatic carbocycles. The summed E-state index contributed by atoms with van der Waals surface area (Å²) >= 11 is 27.0. The second-order valence-electron chi connectivity index (χ2n) is 22.0. The van der Waals surface area contributed by atoms with Crippen molar-refractivity contribution < 1.29 is 73.3 Å². The molecule has 2 unspecified atom stereocenters. The molecular formula is C56H59BrCl4F10N8O6. The number of carbonyl (C=O) groups excluding carboxylic acids is 4. The third-order valence-electron chi connectivity index (χ3n) is 16.0. The number of rotatable bonds is 10. The Morgan fingerprint density at radius 3 is 1.31 bits per heavy atom. The number of hydrogen-bond donors (Lipinski definition) is 4. The Morgan fingerprint density at radius 1 is 0.553 bits per heavy atom. The van der Waals surface area contributed by atoms with Crippen molar-refractivity contribution in [2.45, 2.75) is 98.1 Å². The van der Waals surface area contributed by atoms with Gasteiger partial charge in [0.25, 0.3) is 46.7 Å². The Hall–Kier alpha value is -4.70. The molecule has 0 bridgehead atoms. The lowest BCUT2D eigenvalue weighted by Crippen LogP contribution is -2.62. The molecule has 0 radical (unpaired) electrons. The van der Waals surface area contributed by atoms with Crippen LogP contribution in [0, 0.1) is 0 Å². The lowest BCUT2D eigenvalue weighted by Gasteiger charge is -2.48. The highest BCUT2D eigenvalue weighted by atomic mass is 79.9. The molecule has 6 aliphatic heterocycles. The van der Waals surface area contributed by atoms with Crippen LogP contribution in [0.25, 0.3) is 0 Å². The van der Waals surface area contributed by atoms with Crippen LogP contribution >= 0.6 is 62.3 Å². The zero-order valence-electron chi connectivity index (χ0n) is 45.1. The van der Waals surface area contributed by atoms with E-state index in [2.05, 4.69) is 31.0 Å². The van der Waals surface area contributed by atoms with Crippen LogP contribution in [0.1, 0.15) is 70.4 Å². The van der Waals surface area contributed by atoms with E-state index in [0.717, 1.165) is 61.4 Å². The SMILES string of the molecule is NC1CN(C2CCN(C(=O)C(O)(c3cccc(Cl)c3)C(F)(F)F)CC2)C1.O=C(c1ccc(Br)cc1Cl)N1CCC(F)(F)C1.O=C(c1ccc(NC2CN(C3CCN(C(=O)C(O)(c4cccc(Cl)c4)C(F)(F)F)CC3)C2)cc1Cl)N1CCC(F)(F)C1. The average Bonchev–Trinajstić information content (AvgIpc) is 1.85. The summed E-state index contributed by atoms with van der Waals surface area (Å²) in [6.07, 6.45) is -9.05. The first-order chi connectivity index (χ1) is 39.7. The number of anilines is 1. The van der Waals surface area contributed by atoms with Crippen LogP contribution in [-0.4, -0.2) is 190 Å². The van der Waals surface area contributed by atoms with E-state index >= 15 is 0 Å². The van der Waals surface area contributed by atoms with Crippen LogP contribution in [0.5, 0.6) is 0 Å². The number of benzene rings is 4. The number of piperidine rings is 2. The molecule has 4 amide bonds. The van der Waals surface area contributed by atoms with Gasteiger partial charge in [-0.3, -0.25) is 29.0 Å². The lowest BCUT2D eigenvalue weighted by atomic mass is 9.89. The summed E-state index contributed by atoms with van der Waals surface area (Å²) in [5, 5.41) is 24.8. The van der Waals surface area contributed by atoms with Crippen LogP contribution in [0.3, 0.4) is 0 Å². The predicted molar refractivity (Wildman–Crippen MR) is 302 cm³/mol. The maximum Gasteiger partial charge on any atom is 0.430 e. The number of carbonyl (C=O) groups is 4. The number of nitrogens with zero attached hydrogens (tertiary/aromatic N) is 6. The van der Waals surface area contributed by atoms with E-state index in [1.165, 1.54) is 36.4 Å². The largest absolute Gasteiger partial charge is 0.430 e. The Balaban J connectivity index is 0.000000185. The van der Waals surface area contributed by atoms with Crippen molar-refractivity contribution in [2.75, 3.05) is 83.9 Å². The molecule has 4 aromatic carbocycles. The van der Waals surface area contributed by atoms with Gasteiger partial charge in [0, 0.05) is 128 Å². The van der Waals surface area contributed by atoms with Crippen LogP contribution in [0.15, 0.2) is 89.4 Å². The fourth-order valence-corrected chi connectivity index (χ4v) is 12.6. The molecule has 464 valence electrons. The number of aliphatic hydroxyl groups is 2. The van der Waals surface area contributed by atoms with Gasteiger partial charge in [0.05, 0.1) is 40.3 Å². The van der Waals surface area contributed by atoms with Gasteiger partial charge in [-0.2, -0.15) is 26.3 Å². The molecule has 14 nitrogen and oxygen atoms in total. The van der Waals surface area contributed by atoms with Gasteiger partial charge in [0.1, 0.15) is 0 Å². The van der Waals surface area contributed by atoms with Gasteiger partial charge in [0.2, 0.25) is 0 Å². The fraction of sp³-hybridized carbons (Fsp3) is 0.500. The van der Waals surface area contributed by atoms with Gasteiger partial charge in [-0.05, 0) is 86.3 Å². The van der Waals surface area contributed by atoms with E-state index in [1.54, 1.807) is 24.3 Å². The standard InChI is InChI=1S/C28H29Cl2F5N4O3.C17H21ClF3N3O2.C11H9BrClF2NO/c29-18-3-1-2-17(12-18)27(42,28(33,34)35)25(41)37-9-6-21(7-10-37)39-14-20(15-39)36-19-4-5-22(23(30)13-19)24(40)38-11-8-26(31,32)16-38;18-12-3-1-2-11(8-12)16(26,17(19,20)21)15(25)23-6-4-14(5-7-23)24-9-13(22)10-24;12-7-1-2-8(9(13)5-7)10(17)16-4-3-11(14,15)6-16/h1-5,12-13,20-21,36,42H,6-11,14-16H2;1-3,8,13-14,26H,4-7,9-10,22H2;1-2,5H,3-4,6H2. The molecular weight excluding hydrogens is 1290 g/mol. The maximum absolute atomic E-state index is 14.0. The molecule has 5 N–H and O–H groups in total. The molecule has 29 heteroatoms. The summed E-state index contributed by atoms with van der Waals surface area (Å²) in [5.41, 5.74) is -1.66. The topological polar surface area (TPSA) is 166 Å². The number of amides is 4. The third-order valence-corrected chi connectivity index (χ3v) is 17.5. The third kappa shape index (κ3) is 15.1. The van der Waals surface area contributed by atoms with Gasteiger partial charge in [-0.25, -0.2) is 17.6 Å². The van der Waals surface area contributed by atoms with Crippen LogP contribution in [0.4, 0.5) is 49.6 Å². The van der Waals surface area contributed by atoms with Gasteiger partial charge >= 0.3 is 12.4 Å². The minimum Gasteiger partial charge on any atom is -0.380 e. The monoisotopic (exact) mass is 1350 g/mol. The first-order valence-corrected chi connectivity index (χ1v) is 29.3. The van der Waals surface area contributed by atoms with E-state index in [1.807, 2.05) is 0 Å². The Kier molecular flexibility index (Phi) is 20.4. The van der Waals surface area contributed by atoms with Crippen molar-refractivity contribution in [3.8, 4) is 0 Å². The zero-order chi connectivity index (χ0) is 62.2. The van der Waals surface area contributed by atoms with Gasteiger partial charge in [-0.1, -0.05) is 86.6 Å². The first kappa shape index (κ1) is 66.3. The number of halogens is 15. The second-order valence-corrected chi connectivity index (χ2v) is 24.6. The van der Waals surface area contributed by atoms with Gasteiger partial charge < -0.3 is 40.9 Å². The molecule has 85 heavy (non-hydrogen) atoms. The maximum atomic E-state index is 14.0. The molecule has 6 aliphatic rings. The van der Waals surface area contributed by atoms with Crippen molar-refractivity contribution in [1.82, 2.24) is 29.4 Å². The smallest absolute Gasteiger partial charge is 0.380 e. The summed E-state index contributed by atoms with van der Waals surface area (Å²) in [7, 11) is 0. The number of likely N-dealkylation sites (tertiary alicyclic amines) is 6. The molecule has 0 aromatic heterocycles. The highest BCUT2D eigenvalue weighted by Crippen LogP contribution is 2.44. The van der Waals surface area contributed by atoms with Crippen molar-refractivity contribution in [3.05, 3.63) is 132 Å². The van der Waals surface area contributed by atoms with E-state index in [-0.39, 0.29) is 107 Å². The normalized spacial score (nSPS) is 21.3. The summed E-state index contributed by atoms with van der Waals surface area (Å²) in [6.45, 7) is 2.16. The summed E-state index contributed by atoms with van der Waals surface area (Å²) < 4.78 is 137. The summed E-state index contributed by atoms with van der Waals surface area (Å²) in [5.74, 6) is -9.43. The Bertz CT molecular complexity index is 3090. The van der Waals surface area contributed by atoms with Crippen LogP contribution < -0.4 is 11.1 Å². The van der Waals surface area contributed by atoms with E-state index in [4.69, 9.17) is 52.1 Å². The van der Waals surface area contributed by atoms with Crippen molar-refractivity contribution in [3.63, 3.8) is 0 Å². The fourth-order valence-electron chi connectivity index (χ4n) is 11.2. The highest BCUT2D eigenvalue weighted by molar-refractivity contribution is 9.10. The molecule has 6 heterocycles. The predicted octanol–water partition coefficient (Wildman–Crippen LogP) is 10.3. The highest BCUT2D eigenvalue weighted by Gasteiger charge is 2.63. The average molecular weight is 1350 g/mol. The van der Waals surface area contributed by atoms with Gasteiger partial charge in [-0.15, -0.1) is 0 Å².